The molecule has 0 atom stereocenters. The summed E-state index contributed by atoms with van der Waals surface area (Å²) in [7, 11) is 0. The van der Waals surface area contributed by atoms with Crippen LogP contribution < -0.4 is 5.32 Å². The first-order valence-electron chi connectivity index (χ1n) is 7.94. The fourth-order valence-corrected chi connectivity index (χ4v) is 2.72. The smallest absolute Gasteiger partial charge is 0.264 e. The number of nitrogens with zero attached hydrogens (tertiary/aromatic N) is 1. The van der Waals surface area contributed by atoms with Crippen molar-refractivity contribution in [3.8, 4) is 0 Å². The summed E-state index contributed by atoms with van der Waals surface area (Å²) < 4.78 is 13.8. The topological polar surface area (TPSA) is 83.6 Å². The van der Waals surface area contributed by atoms with E-state index in [0.29, 0.717) is 11.3 Å². The molecule has 26 heavy (non-hydrogen) atoms. The molecule has 2 aromatic rings. The Morgan fingerprint density at radius 1 is 1.04 bits per heavy atom. The Morgan fingerprint density at radius 2 is 1.73 bits per heavy atom. The number of anilines is 1. The fraction of sp³-hybridized carbons (Fsp3) is 0.158. The molecule has 0 saturated carbocycles. The van der Waals surface area contributed by atoms with E-state index in [-0.39, 0.29) is 29.9 Å². The summed E-state index contributed by atoms with van der Waals surface area (Å²) in [6.07, 6.45) is -0.123. The van der Waals surface area contributed by atoms with Gasteiger partial charge in [-0.05, 0) is 43.3 Å². The lowest BCUT2D eigenvalue weighted by Gasteiger charge is -2.13. The van der Waals surface area contributed by atoms with E-state index in [4.69, 9.17) is 0 Å². The van der Waals surface area contributed by atoms with Crippen LogP contribution in [0.15, 0.2) is 42.5 Å². The molecule has 3 rings (SSSR count). The molecule has 0 bridgehead atoms. The maximum absolute atomic E-state index is 13.8. The van der Waals surface area contributed by atoms with Crippen LogP contribution in [-0.4, -0.2) is 34.9 Å². The van der Waals surface area contributed by atoms with Gasteiger partial charge in [-0.1, -0.05) is 6.07 Å². The number of halogens is 1. The van der Waals surface area contributed by atoms with Crippen LogP contribution in [0.1, 0.15) is 44.4 Å². The Kier molecular flexibility index (Phi) is 4.62. The molecule has 3 amide bonds. The molecule has 1 aliphatic rings. The van der Waals surface area contributed by atoms with Crippen LogP contribution in [0.4, 0.5) is 10.1 Å². The van der Waals surface area contributed by atoms with Crippen molar-refractivity contribution in [1.82, 2.24) is 4.90 Å². The SMILES string of the molecule is CC(=O)c1ccc(NC(=O)CCN2C(=O)c3cccc(F)c3C2=O)cc1. The lowest BCUT2D eigenvalue weighted by Crippen LogP contribution is -2.33. The van der Waals surface area contributed by atoms with Gasteiger partial charge in [0.1, 0.15) is 5.82 Å². The average molecular weight is 354 g/mol. The van der Waals surface area contributed by atoms with Crippen molar-refractivity contribution in [2.24, 2.45) is 0 Å². The highest BCUT2D eigenvalue weighted by Crippen LogP contribution is 2.25. The minimum atomic E-state index is -0.752. The van der Waals surface area contributed by atoms with Crippen LogP contribution in [0.3, 0.4) is 0 Å². The van der Waals surface area contributed by atoms with Gasteiger partial charge < -0.3 is 5.32 Å². The van der Waals surface area contributed by atoms with Crippen molar-refractivity contribution in [2.45, 2.75) is 13.3 Å². The van der Waals surface area contributed by atoms with E-state index in [9.17, 15) is 23.6 Å². The van der Waals surface area contributed by atoms with Gasteiger partial charge in [-0.25, -0.2) is 4.39 Å². The number of rotatable bonds is 5. The van der Waals surface area contributed by atoms with Crippen molar-refractivity contribution >= 4 is 29.2 Å². The first-order valence-corrected chi connectivity index (χ1v) is 7.94. The van der Waals surface area contributed by atoms with Crippen molar-refractivity contribution in [3.63, 3.8) is 0 Å². The van der Waals surface area contributed by atoms with Crippen molar-refractivity contribution in [3.05, 3.63) is 65.0 Å². The third-order valence-corrected chi connectivity index (χ3v) is 4.09. The van der Waals surface area contributed by atoms with Gasteiger partial charge in [0.05, 0.1) is 11.1 Å². The van der Waals surface area contributed by atoms with Gasteiger partial charge in [0.2, 0.25) is 5.91 Å². The van der Waals surface area contributed by atoms with Gasteiger partial charge in [-0.3, -0.25) is 24.1 Å². The minimum Gasteiger partial charge on any atom is -0.326 e. The van der Waals surface area contributed by atoms with Gasteiger partial charge >= 0.3 is 0 Å². The second kappa shape index (κ2) is 6.87. The first kappa shape index (κ1) is 17.5. The van der Waals surface area contributed by atoms with Crippen LogP contribution in [0.5, 0.6) is 0 Å². The maximum atomic E-state index is 13.8. The summed E-state index contributed by atoms with van der Waals surface area (Å²) in [5.41, 5.74) is 0.775. The Balaban J connectivity index is 1.62. The number of hydrogen-bond acceptors (Lipinski definition) is 4. The van der Waals surface area contributed by atoms with Gasteiger partial charge in [-0.2, -0.15) is 0 Å². The lowest BCUT2D eigenvalue weighted by molar-refractivity contribution is -0.116. The Bertz CT molecular complexity index is 922. The molecule has 0 fully saturated rings. The Hall–Kier alpha value is -3.35. The zero-order valence-corrected chi connectivity index (χ0v) is 13.9. The fourth-order valence-electron chi connectivity index (χ4n) is 2.72. The van der Waals surface area contributed by atoms with Crippen molar-refractivity contribution in [1.29, 1.82) is 0 Å². The second-order valence-electron chi connectivity index (χ2n) is 5.86. The van der Waals surface area contributed by atoms with E-state index in [0.717, 1.165) is 11.0 Å². The molecule has 1 N–H and O–H groups in total. The van der Waals surface area contributed by atoms with Crippen LogP contribution in [0.2, 0.25) is 0 Å². The van der Waals surface area contributed by atoms with E-state index in [1.165, 1.54) is 19.1 Å². The predicted octanol–water partition coefficient (Wildman–Crippen LogP) is 2.65. The van der Waals surface area contributed by atoms with Crippen molar-refractivity contribution in [2.75, 3.05) is 11.9 Å². The van der Waals surface area contributed by atoms with Crippen LogP contribution >= 0.6 is 0 Å². The van der Waals surface area contributed by atoms with Crippen LogP contribution in [0, 0.1) is 5.82 Å². The molecule has 0 saturated heterocycles. The molecular formula is C19H15FN2O4. The molecule has 7 heteroatoms. The number of amides is 3. The zero-order valence-electron chi connectivity index (χ0n) is 13.9. The van der Waals surface area contributed by atoms with E-state index in [1.807, 2.05) is 0 Å². The number of Topliss-reactive ketones (excluding diaryl/α,β-unsaturated/α-hetero) is 1. The molecule has 1 heterocycles. The highest BCUT2D eigenvalue weighted by molar-refractivity contribution is 6.21. The number of nitrogens with one attached hydrogen (secondary N) is 1. The molecule has 0 spiro atoms. The molecular weight excluding hydrogens is 339 g/mol. The standard InChI is InChI=1S/C19H15FN2O4/c1-11(23)12-5-7-13(8-6-12)21-16(24)9-10-22-18(25)14-3-2-4-15(20)17(14)19(22)26/h2-8H,9-10H2,1H3,(H,21,24). The number of carbonyl (C=O) groups is 4. The third-order valence-electron chi connectivity index (χ3n) is 4.09. The number of benzene rings is 2. The summed E-state index contributed by atoms with van der Waals surface area (Å²) >= 11 is 0. The molecule has 0 unspecified atom stereocenters. The normalized spacial score (nSPS) is 12.9. The molecule has 132 valence electrons. The highest BCUT2D eigenvalue weighted by atomic mass is 19.1. The van der Waals surface area contributed by atoms with E-state index < -0.39 is 23.5 Å². The lowest BCUT2D eigenvalue weighted by atomic mass is 10.1. The first-order chi connectivity index (χ1) is 12.4. The quantitative estimate of drug-likeness (QED) is 0.661. The van der Waals surface area contributed by atoms with Gasteiger partial charge in [0.25, 0.3) is 11.8 Å². The molecule has 1 aliphatic heterocycles. The number of carbonyl (C=O) groups excluding carboxylic acids is 4. The Labute approximate surface area is 148 Å². The summed E-state index contributed by atoms with van der Waals surface area (Å²) in [5, 5.41) is 2.62. The Morgan fingerprint density at radius 3 is 2.35 bits per heavy atom. The van der Waals surface area contributed by atoms with Crippen molar-refractivity contribution < 1.29 is 23.6 Å². The third kappa shape index (κ3) is 3.23. The summed E-state index contributed by atoms with van der Waals surface area (Å²) in [6.45, 7) is 1.29. The molecule has 2 aromatic carbocycles. The minimum absolute atomic E-state index is 0.00947. The van der Waals surface area contributed by atoms with E-state index in [2.05, 4.69) is 5.32 Å². The molecule has 6 nitrogen and oxygen atoms in total. The number of hydrogen-bond donors (Lipinski definition) is 1. The van der Waals surface area contributed by atoms with Gasteiger partial charge in [0.15, 0.2) is 5.78 Å². The number of ketones is 1. The summed E-state index contributed by atoms with van der Waals surface area (Å²) in [5.74, 6) is -2.58. The van der Waals surface area contributed by atoms with Gasteiger partial charge in [-0.15, -0.1) is 0 Å². The maximum Gasteiger partial charge on any atom is 0.264 e. The van der Waals surface area contributed by atoms with Crippen LogP contribution in [0.25, 0.3) is 0 Å². The summed E-state index contributed by atoms with van der Waals surface area (Å²) in [4.78, 5) is 48.5. The molecule has 0 aliphatic carbocycles. The van der Waals surface area contributed by atoms with Gasteiger partial charge in [0, 0.05) is 24.2 Å². The average Bonchev–Trinajstić information content (AvgIpc) is 2.85. The predicted molar refractivity (Wildman–Crippen MR) is 91.5 cm³/mol. The molecule has 0 aromatic heterocycles. The zero-order chi connectivity index (χ0) is 18.8. The summed E-state index contributed by atoms with van der Waals surface area (Å²) in [6, 6.07) is 10.2. The largest absolute Gasteiger partial charge is 0.326 e. The monoisotopic (exact) mass is 354 g/mol. The second-order valence-corrected chi connectivity index (χ2v) is 5.86. The highest BCUT2D eigenvalue weighted by Gasteiger charge is 2.37. The van der Waals surface area contributed by atoms with E-state index in [1.54, 1.807) is 24.3 Å². The number of fused-ring (bicyclic) bond motifs is 1. The number of imide groups is 1. The molecule has 0 radical (unpaired) electrons. The van der Waals surface area contributed by atoms with E-state index >= 15 is 0 Å². The van der Waals surface area contributed by atoms with Crippen LogP contribution in [-0.2, 0) is 4.79 Å².